The van der Waals surface area contributed by atoms with Crippen LogP contribution in [0.15, 0.2) is 84.7 Å². The van der Waals surface area contributed by atoms with Crippen LogP contribution >= 0.6 is 0 Å². The van der Waals surface area contributed by atoms with Crippen molar-refractivity contribution in [3.05, 3.63) is 107 Å². The monoisotopic (exact) mass is 624 g/mol. The summed E-state index contributed by atoms with van der Waals surface area (Å²) in [5.41, 5.74) is 8.84. The van der Waals surface area contributed by atoms with Crippen molar-refractivity contribution in [3.63, 3.8) is 0 Å². The van der Waals surface area contributed by atoms with Crippen molar-refractivity contribution in [2.24, 2.45) is 5.92 Å². The Kier molecular flexibility index (Phi) is 14.2. The summed E-state index contributed by atoms with van der Waals surface area (Å²) < 4.78 is 0. The quantitative estimate of drug-likeness (QED) is 0.145. The number of hydrogen-bond donors (Lipinski definition) is 3. The molecule has 0 aromatic heterocycles. The molecule has 0 bridgehead atoms. The molecule has 2 aromatic carbocycles. The summed E-state index contributed by atoms with van der Waals surface area (Å²) in [7, 11) is 0. The number of piperidine rings is 1. The highest BCUT2D eigenvalue weighted by molar-refractivity contribution is 5.90. The number of aliphatic hydroxyl groups is 1. The molecule has 46 heavy (non-hydrogen) atoms. The molecule has 0 aliphatic carbocycles. The van der Waals surface area contributed by atoms with Crippen LogP contribution in [0, 0.1) is 5.92 Å². The highest BCUT2D eigenvalue weighted by Crippen LogP contribution is 2.30. The molecule has 2 heterocycles. The van der Waals surface area contributed by atoms with E-state index in [9.17, 15) is 9.90 Å². The third-order valence-electron chi connectivity index (χ3n) is 9.47. The maximum atomic E-state index is 12.2. The van der Waals surface area contributed by atoms with Crippen molar-refractivity contribution in [2.45, 2.75) is 78.7 Å². The van der Waals surface area contributed by atoms with E-state index in [1.807, 2.05) is 38.1 Å². The van der Waals surface area contributed by atoms with Gasteiger partial charge in [-0.2, -0.15) is 0 Å². The number of likely N-dealkylation sites (tertiary alicyclic amines) is 1. The number of allylic oxidation sites excluding steroid dienone is 4. The van der Waals surface area contributed by atoms with Crippen molar-refractivity contribution >= 4 is 17.3 Å². The molecule has 4 rings (SSSR count). The molecule has 1 fully saturated rings. The number of rotatable bonds is 14. The number of aliphatic hydroxyl groups excluding tert-OH is 1. The zero-order valence-corrected chi connectivity index (χ0v) is 28.5. The number of nitrogens with one attached hydrogen (secondary N) is 2. The maximum Gasteiger partial charge on any atom is 0.319 e. The van der Waals surface area contributed by atoms with Gasteiger partial charge in [-0.3, -0.25) is 9.80 Å². The Hall–Kier alpha value is -3.61. The molecule has 2 aliphatic heterocycles. The van der Waals surface area contributed by atoms with E-state index in [-0.39, 0.29) is 6.03 Å². The fourth-order valence-corrected chi connectivity index (χ4v) is 6.89. The highest BCUT2D eigenvalue weighted by Gasteiger charge is 2.21. The lowest BCUT2D eigenvalue weighted by Gasteiger charge is -2.32. The Bertz CT molecular complexity index is 1380. The number of amides is 2. The molecule has 2 aromatic rings. The third kappa shape index (κ3) is 10.5. The first-order valence-corrected chi connectivity index (χ1v) is 17.5. The average molecular weight is 625 g/mol. The van der Waals surface area contributed by atoms with E-state index in [4.69, 9.17) is 0 Å². The molecule has 6 nitrogen and oxygen atoms in total. The van der Waals surface area contributed by atoms with Gasteiger partial charge in [-0.25, -0.2) is 4.79 Å². The van der Waals surface area contributed by atoms with Crippen molar-refractivity contribution in [2.75, 3.05) is 44.6 Å². The molecule has 3 N–H and O–H groups in total. The lowest BCUT2D eigenvalue weighted by molar-refractivity contribution is 0.189. The van der Waals surface area contributed by atoms with E-state index in [1.165, 1.54) is 47.9 Å². The summed E-state index contributed by atoms with van der Waals surface area (Å²) in [4.78, 5) is 17.2. The van der Waals surface area contributed by atoms with Gasteiger partial charge in [-0.05, 0) is 118 Å². The minimum Gasteiger partial charge on any atom is -0.508 e. The lowest BCUT2D eigenvalue weighted by Crippen LogP contribution is -2.35. The van der Waals surface area contributed by atoms with Crippen LogP contribution in [-0.4, -0.2) is 60.2 Å². The summed E-state index contributed by atoms with van der Waals surface area (Å²) in [6, 6.07) is 15.2. The summed E-state index contributed by atoms with van der Waals surface area (Å²) in [5, 5.41) is 16.0. The zero-order chi connectivity index (χ0) is 32.7. The average Bonchev–Trinajstić information content (AvgIpc) is 3.27. The van der Waals surface area contributed by atoms with Crippen LogP contribution in [0.25, 0.3) is 5.57 Å². The summed E-state index contributed by atoms with van der Waals surface area (Å²) in [6.45, 7) is 16.3. The Morgan fingerprint density at radius 2 is 1.78 bits per heavy atom. The topological polar surface area (TPSA) is 67.8 Å². The third-order valence-corrected chi connectivity index (χ3v) is 9.47. The summed E-state index contributed by atoms with van der Waals surface area (Å²) in [6.07, 6.45) is 17.2. The minimum absolute atomic E-state index is 0.152. The van der Waals surface area contributed by atoms with Gasteiger partial charge in [-0.1, -0.05) is 74.5 Å². The molecule has 0 spiro atoms. The Morgan fingerprint density at radius 3 is 2.50 bits per heavy atom. The van der Waals surface area contributed by atoms with Gasteiger partial charge in [0.05, 0.1) is 0 Å². The molecule has 6 heteroatoms. The van der Waals surface area contributed by atoms with E-state index in [2.05, 4.69) is 70.3 Å². The molecule has 0 atom stereocenters. The normalized spacial score (nSPS) is 17.3. The van der Waals surface area contributed by atoms with Crippen LogP contribution in [-0.2, 0) is 19.4 Å². The fraction of sp³-hybridized carbons (Fsp3) is 0.475. The van der Waals surface area contributed by atoms with Crippen molar-refractivity contribution in [1.29, 1.82) is 0 Å². The van der Waals surface area contributed by atoms with Crippen LogP contribution in [0.5, 0.6) is 0 Å². The van der Waals surface area contributed by atoms with Gasteiger partial charge in [0, 0.05) is 44.0 Å². The van der Waals surface area contributed by atoms with Crippen LogP contribution < -0.4 is 10.6 Å². The smallest absolute Gasteiger partial charge is 0.319 e. The number of hydrogen-bond acceptors (Lipinski definition) is 4. The molecule has 0 saturated carbocycles. The van der Waals surface area contributed by atoms with Gasteiger partial charge in [0.1, 0.15) is 5.76 Å². The molecular weight excluding hydrogens is 568 g/mol. The van der Waals surface area contributed by atoms with E-state index < -0.39 is 0 Å². The van der Waals surface area contributed by atoms with E-state index in [0.717, 1.165) is 87.7 Å². The van der Waals surface area contributed by atoms with Crippen molar-refractivity contribution < 1.29 is 9.90 Å². The number of para-hydroxylation sites is 1. The van der Waals surface area contributed by atoms with Crippen LogP contribution in [0.1, 0.15) is 81.5 Å². The Labute approximate surface area is 278 Å². The van der Waals surface area contributed by atoms with Gasteiger partial charge in [0.25, 0.3) is 0 Å². The summed E-state index contributed by atoms with van der Waals surface area (Å²) >= 11 is 0. The largest absolute Gasteiger partial charge is 0.508 e. The Balaban J connectivity index is 1.29. The predicted octanol–water partition coefficient (Wildman–Crippen LogP) is 8.68. The molecule has 0 unspecified atom stereocenters. The molecule has 1 saturated heterocycles. The zero-order valence-electron chi connectivity index (χ0n) is 28.5. The van der Waals surface area contributed by atoms with Crippen LogP contribution in [0.3, 0.4) is 0 Å². The van der Waals surface area contributed by atoms with E-state index >= 15 is 0 Å². The second-order valence-corrected chi connectivity index (χ2v) is 12.8. The number of nitrogens with zero attached hydrogens (tertiary/aromatic N) is 2. The SMILES string of the molecule is C=C/C(O)=C(\C=C/C)CN1CCC(CCC/C(=C/CC)c2ccc3c(c2)CCN(Cc2ccccc2NC(=O)NCC)CC3)CC1. The van der Waals surface area contributed by atoms with Crippen LogP contribution in [0.2, 0.25) is 0 Å². The summed E-state index contributed by atoms with van der Waals surface area (Å²) in [5.74, 6) is 1.07. The standard InChI is InChI=1S/C40H56N4O2/c1-5-12-32(16-11-14-31-20-24-43(25-21-31)30-37(13-6-2)39(45)7-3)34-19-18-33-22-26-44(27-23-35(33)28-34)29-36-15-9-10-17-38(36)42-40(46)41-8-4/h6-7,9-10,12-13,15,17-19,28,31,45H,3,5,8,11,14,16,20-27,29-30H2,1-2,4H3,(H2,41,42,46)/b13-6-,32-12-,39-37-. The molecule has 2 amide bonds. The van der Waals surface area contributed by atoms with Gasteiger partial charge < -0.3 is 15.7 Å². The molecular formula is C40H56N4O2. The number of carbonyl (C=O) groups excluding carboxylic acids is 1. The predicted molar refractivity (Wildman–Crippen MR) is 194 cm³/mol. The van der Waals surface area contributed by atoms with Gasteiger partial charge in [0.2, 0.25) is 0 Å². The number of benzene rings is 2. The number of urea groups is 1. The minimum atomic E-state index is -0.152. The number of anilines is 1. The first-order valence-electron chi connectivity index (χ1n) is 17.5. The fourth-order valence-electron chi connectivity index (χ4n) is 6.89. The second-order valence-electron chi connectivity index (χ2n) is 12.8. The lowest BCUT2D eigenvalue weighted by atomic mass is 9.88. The number of carbonyl (C=O) groups is 1. The first kappa shape index (κ1) is 35.2. The molecule has 0 radical (unpaired) electrons. The van der Waals surface area contributed by atoms with Gasteiger partial charge in [0.15, 0.2) is 0 Å². The second kappa shape index (κ2) is 18.5. The van der Waals surface area contributed by atoms with Gasteiger partial charge >= 0.3 is 6.03 Å². The number of fused-ring (bicyclic) bond motifs is 1. The molecule has 2 aliphatic rings. The highest BCUT2D eigenvalue weighted by atomic mass is 16.3. The molecule has 248 valence electrons. The Morgan fingerprint density at radius 1 is 1.02 bits per heavy atom. The van der Waals surface area contributed by atoms with E-state index in [1.54, 1.807) is 6.08 Å². The van der Waals surface area contributed by atoms with Crippen molar-refractivity contribution in [3.8, 4) is 0 Å². The van der Waals surface area contributed by atoms with Crippen LogP contribution in [0.4, 0.5) is 10.5 Å². The van der Waals surface area contributed by atoms with Gasteiger partial charge in [-0.15, -0.1) is 0 Å². The first-order chi connectivity index (χ1) is 22.4. The van der Waals surface area contributed by atoms with E-state index in [0.29, 0.717) is 12.3 Å². The van der Waals surface area contributed by atoms with Crippen molar-refractivity contribution in [1.82, 2.24) is 15.1 Å². The maximum absolute atomic E-state index is 12.2.